The summed E-state index contributed by atoms with van der Waals surface area (Å²) in [5.74, 6) is -1.59. The number of hydrogen-bond donors (Lipinski definition) is 3. The number of nitrogens with zero attached hydrogens (tertiary/aromatic N) is 2. The lowest BCUT2D eigenvalue weighted by Gasteiger charge is -2.20. The fourth-order valence-electron chi connectivity index (χ4n) is 3.91. The van der Waals surface area contributed by atoms with Gasteiger partial charge >= 0.3 is 23.8 Å². The van der Waals surface area contributed by atoms with E-state index in [-0.39, 0.29) is 24.8 Å². The number of fused-ring (bicyclic) bond motifs is 1. The molecule has 3 heterocycles. The van der Waals surface area contributed by atoms with Crippen molar-refractivity contribution >= 4 is 23.9 Å². The molecule has 0 spiro atoms. The SMILES string of the molecule is CC(C)[C@H](N)C(=O)OC[C@H]1O[C@@H](n2ccc(NOC(=O)[C@@H](N)Cc3ccccc3)nc2=O)[C@@H]2OC(=O)O[C@@H]21. The van der Waals surface area contributed by atoms with E-state index < -0.39 is 60.4 Å². The van der Waals surface area contributed by atoms with Gasteiger partial charge in [-0.1, -0.05) is 44.2 Å². The molecule has 2 aromatic rings. The van der Waals surface area contributed by atoms with Crippen LogP contribution in [0.4, 0.5) is 10.6 Å². The maximum atomic E-state index is 12.7. The van der Waals surface area contributed by atoms with Crippen LogP contribution in [-0.2, 0) is 39.8 Å². The fraction of sp³-hybridized carbons (Fsp3) is 0.458. The van der Waals surface area contributed by atoms with Crippen LogP contribution in [0.15, 0.2) is 47.4 Å². The van der Waals surface area contributed by atoms with Crippen molar-refractivity contribution in [2.24, 2.45) is 17.4 Å². The average molecular weight is 532 g/mol. The van der Waals surface area contributed by atoms with Crippen molar-refractivity contribution in [3.8, 4) is 0 Å². The summed E-state index contributed by atoms with van der Waals surface area (Å²) in [6.45, 7) is 3.28. The second-order valence-electron chi connectivity index (χ2n) is 9.20. The van der Waals surface area contributed by atoms with Crippen LogP contribution in [0.25, 0.3) is 0 Å². The molecule has 0 saturated carbocycles. The standard InChI is InChI=1S/C24H29N5O9/c1-12(2)17(26)22(31)34-11-15-18-19(37-24(33)36-18)20(35-15)29-9-8-16(27-23(29)32)28-38-21(30)14(25)10-13-6-4-3-5-7-13/h3-9,12,14-15,17-20H,10-11,25-26H2,1-2H3,(H,27,28,32)/t14-,15+,17-,18+,19+,20+/m0/s1. The molecular formula is C24H29N5O9. The Morgan fingerprint density at radius 3 is 2.47 bits per heavy atom. The number of ether oxygens (including phenoxy) is 4. The number of nitrogens with one attached hydrogen (secondary N) is 1. The summed E-state index contributed by atoms with van der Waals surface area (Å²) in [6.07, 6.45) is -3.29. The van der Waals surface area contributed by atoms with Gasteiger partial charge in [-0.25, -0.2) is 19.9 Å². The van der Waals surface area contributed by atoms with Crippen molar-refractivity contribution in [2.75, 3.05) is 12.1 Å². The van der Waals surface area contributed by atoms with E-state index in [9.17, 15) is 19.2 Å². The highest BCUT2D eigenvalue weighted by Gasteiger charge is 2.55. The van der Waals surface area contributed by atoms with Crippen molar-refractivity contribution in [3.05, 3.63) is 58.6 Å². The fourth-order valence-corrected chi connectivity index (χ4v) is 3.91. The molecule has 0 bridgehead atoms. The molecule has 0 amide bonds. The van der Waals surface area contributed by atoms with Gasteiger partial charge in [-0.05, 0) is 17.9 Å². The lowest BCUT2D eigenvalue weighted by atomic mass is 10.1. The summed E-state index contributed by atoms with van der Waals surface area (Å²) < 4.78 is 22.5. The third-order valence-corrected chi connectivity index (χ3v) is 6.09. The number of carbonyl (C=O) groups excluding carboxylic acids is 3. The maximum absolute atomic E-state index is 12.7. The van der Waals surface area contributed by atoms with Gasteiger partial charge < -0.3 is 35.3 Å². The van der Waals surface area contributed by atoms with Crippen molar-refractivity contribution in [3.63, 3.8) is 0 Å². The van der Waals surface area contributed by atoms with E-state index >= 15 is 0 Å². The monoisotopic (exact) mass is 531 g/mol. The first kappa shape index (κ1) is 27.0. The molecule has 5 N–H and O–H groups in total. The number of hydrogen-bond acceptors (Lipinski definition) is 13. The molecule has 0 aliphatic carbocycles. The van der Waals surface area contributed by atoms with E-state index in [1.807, 2.05) is 30.3 Å². The van der Waals surface area contributed by atoms with Crippen molar-refractivity contribution < 1.29 is 38.2 Å². The number of benzene rings is 1. The lowest BCUT2D eigenvalue weighted by molar-refractivity contribution is -0.153. The zero-order valence-corrected chi connectivity index (χ0v) is 20.7. The van der Waals surface area contributed by atoms with Gasteiger partial charge in [0.05, 0.1) is 0 Å². The molecule has 2 fully saturated rings. The smallest absolute Gasteiger partial charge is 0.462 e. The Hall–Kier alpha value is -4.01. The van der Waals surface area contributed by atoms with E-state index in [4.69, 9.17) is 35.3 Å². The Labute approximate surface area is 217 Å². The zero-order valence-electron chi connectivity index (χ0n) is 20.7. The Balaban J connectivity index is 1.37. The normalized spacial score (nSPS) is 23.7. The first-order valence-corrected chi connectivity index (χ1v) is 11.9. The number of carbonyl (C=O) groups is 3. The van der Waals surface area contributed by atoms with Gasteiger partial charge in [-0.2, -0.15) is 4.98 Å². The number of esters is 1. The van der Waals surface area contributed by atoms with E-state index in [2.05, 4.69) is 10.5 Å². The van der Waals surface area contributed by atoms with E-state index in [1.165, 1.54) is 12.3 Å². The molecule has 1 aromatic heterocycles. The summed E-state index contributed by atoms with van der Waals surface area (Å²) in [6, 6.07) is 8.75. The lowest BCUT2D eigenvalue weighted by Crippen LogP contribution is -2.40. The number of nitrogens with two attached hydrogens (primary N) is 2. The van der Waals surface area contributed by atoms with Crippen LogP contribution in [0.3, 0.4) is 0 Å². The number of rotatable bonds is 10. The van der Waals surface area contributed by atoms with Gasteiger partial charge in [0.15, 0.2) is 24.3 Å². The molecule has 6 atom stereocenters. The summed E-state index contributed by atoms with van der Waals surface area (Å²) >= 11 is 0. The summed E-state index contributed by atoms with van der Waals surface area (Å²) in [5, 5.41) is 0. The first-order valence-electron chi connectivity index (χ1n) is 11.9. The van der Waals surface area contributed by atoms with Gasteiger partial charge in [0.1, 0.15) is 24.8 Å². The molecule has 0 radical (unpaired) electrons. The van der Waals surface area contributed by atoms with E-state index in [0.29, 0.717) is 0 Å². The molecule has 0 unspecified atom stereocenters. The number of anilines is 1. The van der Waals surface area contributed by atoms with Gasteiger partial charge in [0.25, 0.3) is 0 Å². The quantitative estimate of drug-likeness (QED) is 0.211. The van der Waals surface area contributed by atoms with Crippen LogP contribution in [0, 0.1) is 5.92 Å². The van der Waals surface area contributed by atoms with Gasteiger partial charge in [0, 0.05) is 12.3 Å². The van der Waals surface area contributed by atoms with E-state index in [0.717, 1.165) is 10.1 Å². The van der Waals surface area contributed by atoms with Crippen molar-refractivity contribution in [1.82, 2.24) is 9.55 Å². The molecule has 14 heteroatoms. The van der Waals surface area contributed by atoms with Crippen LogP contribution in [-0.4, -0.2) is 64.6 Å². The molecule has 2 aliphatic rings. The topological polar surface area (TPSA) is 196 Å². The third kappa shape index (κ3) is 6.10. The number of aromatic nitrogens is 2. The molecule has 2 saturated heterocycles. The molecule has 1 aromatic carbocycles. The maximum Gasteiger partial charge on any atom is 0.509 e. The predicted octanol–water partition coefficient (Wildman–Crippen LogP) is 0.0113. The minimum Gasteiger partial charge on any atom is -0.462 e. The second kappa shape index (κ2) is 11.6. The molecule has 4 rings (SSSR count). The second-order valence-corrected chi connectivity index (χ2v) is 9.20. The largest absolute Gasteiger partial charge is 0.509 e. The Kier molecular flexibility index (Phi) is 8.24. The molecule has 14 nitrogen and oxygen atoms in total. The van der Waals surface area contributed by atoms with Crippen LogP contribution < -0.4 is 22.6 Å². The molecule has 204 valence electrons. The van der Waals surface area contributed by atoms with Gasteiger partial charge in [-0.3, -0.25) is 9.36 Å². The Morgan fingerprint density at radius 1 is 1.08 bits per heavy atom. The van der Waals surface area contributed by atoms with Gasteiger partial charge in [0.2, 0.25) is 0 Å². The molecule has 38 heavy (non-hydrogen) atoms. The third-order valence-electron chi connectivity index (χ3n) is 6.09. The van der Waals surface area contributed by atoms with Crippen LogP contribution in [0.2, 0.25) is 0 Å². The highest BCUT2D eigenvalue weighted by molar-refractivity contribution is 5.76. The summed E-state index contributed by atoms with van der Waals surface area (Å²) in [5.41, 5.74) is 14.1. The Morgan fingerprint density at radius 2 is 1.79 bits per heavy atom. The van der Waals surface area contributed by atoms with Crippen molar-refractivity contribution in [2.45, 2.75) is 56.9 Å². The molecular weight excluding hydrogens is 502 g/mol. The van der Waals surface area contributed by atoms with Crippen molar-refractivity contribution in [1.29, 1.82) is 0 Å². The predicted molar refractivity (Wildman–Crippen MR) is 129 cm³/mol. The Bertz CT molecular complexity index is 1220. The van der Waals surface area contributed by atoms with Crippen LogP contribution in [0.1, 0.15) is 25.6 Å². The van der Waals surface area contributed by atoms with Gasteiger partial charge in [-0.15, -0.1) is 0 Å². The first-order chi connectivity index (χ1) is 18.1. The van der Waals surface area contributed by atoms with Crippen LogP contribution in [0.5, 0.6) is 0 Å². The highest BCUT2D eigenvalue weighted by Crippen LogP contribution is 2.37. The summed E-state index contributed by atoms with van der Waals surface area (Å²) in [7, 11) is 0. The summed E-state index contributed by atoms with van der Waals surface area (Å²) in [4.78, 5) is 57.6. The minimum atomic E-state index is -1.11. The average Bonchev–Trinajstić information content (AvgIpc) is 3.43. The van der Waals surface area contributed by atoms with E-state index in [1.54, 1.807) is 13.8 Å². The minimum absolute atomic E-state index is 0.0612. The zero-order chi connectivity index (χ0) is 27.4. The molecule has 2 aliphatic heterocycles. The van der Waals surface area contributed by atoms with Crippen LogP contribution >= 0.6 is 0 Å². The highest BCUT2D eigenvalue weighted by atomic mass is 16.8.